The molecule has 0 unspecified atom stereocenters. The van der Waals surface area contributed by atoms with Crippen molar-refractivity contribution in [1.29, 1.82) is 0 Å². The highest BCUT2D eigenvalue weighted by Crippen LogP contribution is 2.42. The third-order valence-corrected chi connectivity index (χ3v) is 2.63. The van der Waals surface area contributed by atoms with E-state index in [1.54, 1.807) is 6.26 Å². The minimum absolute atomic E-state index is 0.0220. The van der Waals surface area contributed by atoms with Crippen LogP contribution in [0.5, 0.6) is 5.95 Å². The van der Waals surface area contributed by atoms with Crippen LogP contribution in [0.25, 0.3) is 11.1 Å². The average molecular weight is 200 g/mol. The summed E-state index contributed by atoms with van der Waals surface area (Å²) >= 11 is 0. The fourth-order valence-electron chi connectivity index (χ4n) is 1.95. The van der Waals surface area contributed by atoms with Crippen LogP contribution in [-0.4, -0.2) is 12.9 Å². The Balaban J connectivity index is 2.34. The van der Waals surface area contributed by atoms with E-state index in [1.165, 1.54) is 7.11 Å². The van der Waals surface area contributed by atoms with Crippen LogP contribution < -0.4 is 4.74 Å². The highest BCUT2D eigenvalue weighted by molar-refractivity contribution is 6.22. The summed E-state index contributed by atoms with van der Waals surface area (Å²) in [5.74, 6) is 0.275. The molecule has 0 atom stereocenters. The molecule has 0 aliphatic heterocycles. The van der Waals surface area contributed by atoms with Crippen LogP contribution in [-0.2, 0) is 0 Å². The molecule has 0 N–H and O–H groups in total. The molecule has 0 spiro atoms. The van der Waals surface area contributed by atoms with Gasteiger partial charge < -0.3 is 9.15 Å². The molecule has 1 aromatic heterocycles. The van der Waals surface area contributed by atoms with Crippen LogP contribution in [0.15, 0.2) is 34.9 Å². The number of hydrogen-bond donors (Lipinski definition) is 0. The van der Waals surface area contributed by atoms with Gasteiger partial charge in [-0.15, -0.1) is 0 Å². The molecule has 3 nitrogen and oxygen atoms in total. The third kappa shape index (κ3) is 0.920. The van der Waals surface area contributed by atoms with E-state index in [4.69, 9.17) is 9.15 Å². The van der Waals surface area contributed by atoms with E-state index in [2.05, 4.69) is 0 Å². The summed E-state index contributed by atoms with van der Waals surface area (Å²) in [5, 5.41) is 0. The Morgan fingerprint density at radius 3 is 2.60 bits per heavy atom. The minimum atomic E-state index is -0.0220. The van der Waals surface area contributed by atoms with Gasteiger partial charge >= 0.3 is 0 Å². The zero-order valence-electron chi connectivity index (χ0n) is 8.11. The maximum absolute atomic E-state index is 12.0. The fraction of sp³-hybridized carbons (Fsp3) is 0.0833. The molecule has 74 valence electrons. The minimum Gasteiger partial charge on any atom is -0.468 e. The van der Waals surface area contributed by atoms with E-state index in [0.29, 0.717) is 11.5 Å². The summed E-state index contributed by atoms with van der Waals surface area (Å²) in [5.41, 5.74) is 3.01. The molecule has 0 radical (unpaired) electrons. The van der Waals surface area contributed by atoms with E-state index in [0.717, 1.165) is 16.7 Å². The van der Waals surface area contributed by atoms with Crippen LogP contribution >= 0.6 is 0 Å². The second kappa shape index (κ2) is 2.73. The average Bonchev–Trinajstić information content (AvgIpc) is 2.81. The number of hydrogen-bond acceptors (Lipinski definition) is 3. The first-order valence-corrected chi connectivity index (χ1v) is 4.62. The van der Waals surface area contributed by atoms with Gasteiger partial charge in [-0.2, -0.15) is 0 Å². The standard InChI is InChI=1S/C12H8O3/c1-14-12-10-9(6-15-12)7-4-2-3-5-8(7)11(10)13/h2-6H,1H3. The number of rotatable bonds is 1. The molecule has 0 bridgehead atoms. The van der Waals surface area contributed by atoms with Gasteiger partial charge in [0.05, 0.1) is 7.11 Å². The number of carbonyl (C=O) groups is 1. The zero-order chi connectivity index (χ0) is 10.4. The van der Waals surface area contributed by atoms with Crippen LogP contribution in [0.2, 0.25) is 0 Å². The lowest BCUT2D eigenvalue weighted by Gasteiger charge is -1.96. The van der Waals surface area contributed by atoms with Crippen molar-refractivity contribution in [2.45, 2.75) is 0 Å². The van der Waals surface area contributed by atoms with Crippen molar-refractivity contribution in [2.75, 3.05) is 7.11 Å². The number of ketones is 1. The highest BCUT2D eigenvalue weighted by Gasteiger charge is 2.32. The Morgan fingerprint density at radius 1 is 1.13 bits per heavy atom. The van der Waals surface area contributed by atoms with Gasteiger partial charge in [0.25, 0.3) is 5.95 Å². The number of benzene rings is 1. The lowest BCUT2D eigenvalue weighted by Crippen LogP contribution is -1.96. The van der Waals surface area contributed by atoms with Crippen molar-refractivity contribution in [3.05, 3.63) is 41.7 Å². The molecule has 3 rings (SSSR count). The molecular weight excluding hydrogens is 192 g/mol. The van der Waals surface area contributed by atoms with Gasteiger partial charge in [0.15, 0.2) is 0 Å². The molecule has 2 aromatic rings. The molecule has 1 aliphatic carbocycles. The first-order valence-electron chi connectivity index (χ1n) is 4.62. The third-order valence-electron chi connectivity index (χ3n) is 2.63. The second-order valence-corrected chi connectivity index (χ2v) is 3.39. The lowest BCUT2D eigenvalue weighted by molar-refractivity contribution is 0.103. The van der Waals surface area contributed by atoms with Crippen LogP contribution in [0.3, 0.4) is 0 Å². The molecule has 15 heavy (non-hydrogen) atoms. The first-order chi connectivity index (χ1) is 7.33. The molecular formula is C12H8O3. The van der Waals surface area contributed by atoms with Gasteiger partial charge in [-0.1, -0.05) is 24.3 Å². The summed E-state index contributed by atoms with van der Waals surface area (Å²) in [7, 11) is 1.50. The maximum atomic E-state index is 12.0. The van der Waals surface area contributed by atoms with E-state index < -0.39 is 0 Å². The number of fused-ring (bicyclic) bond motifs is 3. The zero-order valence-corrected chi connectivity index (χ0v) is 8.11. The predicted octanol–water partition coefficient (Wildman–Crippen LogP) is 2.50. The SMILES string of the molecule is COc1occ2c1C(=O)c1ccccc1-2. The quantitative estimate of drug-likeness (QED) is 0.605. The van der Waals surface area contributed by atoms with Crippen LogP contribution in [0.1, 0.15) is 15.9 Å². The van der Waals surface area contributed by atoms with Crippen LogP contribution in [0.4, 0.5) is 0 Å². The van der Waals surface area contributed by atoms with Crippen molar-refractivity contribution in [3.8, 4) is 17.1 Å². The second-order valence-electron chi connectivity index (χ2n) is 3.39. The van der Waals surface area contributed by atoms with Gasteiger partial charge in [0, 0.05) is 11.1 Å². The predicted molar refractivity (Wildman–Crippen MR) is 54.1 cm³/mol. The van der Waals surface area contributed by atoms with Crippen molar-refractivity contribution < 1.29 is 13.9 Å². The summed E-state index contributed by atoms with van der Waals surface area (Å²) in [6.07, 6.45) is 1.57. The van der Waals surface area contributed by atoms with Crippen molar-refractivity contribution in [1.82, 2.24) is 0 Å². The lowest BCUT2D eigenvalue weighted by atomic mass is 10.1. The highest BCUT2D eigenvalue weighted by atomic mass is 16.6. The molecule has 1 aliphatic rings. The number of furan rings is 1. The van der Waals surface area contributed by atoms with E-state index in [-0.39, 0.29) is 5.78 Å². The summed E-state index contributed by atoms with van der Waals surface area (Å²) in [4.78, 5) is 12.0. The molecule has 1 aromatic carbocycles. The monoisotopic (exact) mass is 200 g/mol. The molecule has 0 fully saturated rings. The Kier molecular flexibility index (Phi) is 1.51. The van der Waals surface area contributed by atoms with Gasteiger partial charge in [-0.3, -0.25) is 4.79 Å². The summed E-state index contributed by atoms with van der Waals surface area (Å²) in [6, 6.07) is 7.48. The Hall–Kier alpha value is -2.03. The molecule has 0 amide bonds. The largest absolute Gasteiger partial charge is 0.468 e. The fourth-order valence-corrected chi connectivity index (χ4v) is 1.95. The van der Waals surface area contributed by atoms with Gasteiger partial charge in [0.1, 0.15) is 11.8 Å². The Bertz CT molecular complexity index is 552. The van der Waals surface area contributed by atoms with Gasteiger partial charge in [-0.05, 0) is 5.56 Å². The van der Waals surface area contributed by atoms with E-state index in [9.17, 15) is 4.79 Å². The smallest absolute Gasteiger partial charge is 0.296 e. The van der Waals surface area contributed by atoms with Gasteiger partial charge in [0.2, 0.25) is 5.78 Å². The van der Waals surface area contributed by atoms with Crippen molar-refractivity contribution in [2.24, 2.45) is 0 Å². The van der Waals surface area contributed by atoms with Gasteiger partial charge in [-0.25, -0.2) is 0 Å². The Labute approximate surface area is 86.3 Å². The summed E-state index contributed by atoms with van der Waals surface area (Å²) in [6.45, 7) is 0. The number of ether oxygens (including phenoxy) is 1. The maximum Gasteiger partial charge on any atom is 0.296 e. The molecule has 1 heterocycles. The van der Waals surface area contributed by atoms with Crippen molar-refractivity contribution in [3.63, 3.8) is 0 Å². The Morgan fingerprint density at radius 2 is 1.87 bits per heavy atom. The summed E-state index contributed by atoms with van der Waals surface area (Å²) < 4.78 is 10.2. The topological polar surface area (TPSA) is 39.4 Å². The molecule has 0 saturated heterocycles. The van der Waals surface area contributed by atoms with Crippen molar-refractivity contribution >= 4 is 5.78 Å². The van der Waals surface area contributed by atoms with E-state index >= 15 is 0 Å². The molecule has 0 saturated carbocycles. The number of methoxy groups -OCH3 is 1. The number of carbonyl (C=O) groups excluding carboxylic acids is 1. The van der Waals surface area contributed by atoms with Crippen LogP contribution in [0, 0.1) is 0 Å². The molecule has 3 heteroatoms. The van der Waals surface area contributed by atoms with E-state index in [1.807, 2.05) is 24.3 Å². The first kappa shape index (κ1) is 8.29. The normalized spacial score (nSPS) is 12.5.